The first-order chi connectivity index (χ1) is 15.1. The molecule has 8 heteroatoms. The number of anilines is 4. The van der Waals surface area contributed by atoms with Crippen LogP contribution in [0.3, 0.4) is 0 Å². The average molecular weight is 422 g/mol. The number of nitrogens with one attached hydrogen (secondary N) is 2. The van der Waals surface area contributed by atoms with Gasteiger partial charge in [-0.3, -0.25) is 9.69 Å². The van der Waals surface area contributed by atoms with E-state index in [-0.39, 0.29) is 12.5 Å². The molecule has 5 rings (SSSR count). The van der Waals surface area contributed by atoms with Gasteiger partial charge in [0.05, 0.1) is 6.54 Å². The molecule has 164 valence electrons. The molecule has 2 fully saturated rings. The Morgan fingerprint density at radius 3 is 2.58 bits per heavy atom. The lowest BCUT2D eigenvalue weighted by molar-refractivity contribution is -0.115. The monoisotopic (exact) mass is 421 g/mol. The van der Waals surface area contributed by atoms with Gasteiger partial charge in [0, 0.05) is 19.1 Å². The predicted molar refractivity (Wildman–Crippen MR) is 123 cm³/mol. The van der Waals surface area contributed by atoms with Crippen molar-refractivity contribution in [3.8, 4) is 0 Å². The van der Waals surface area contributed by atoms with E-state index in [0.717, 1.165) is 19.4 Å². The Morgan fingerprint density at radius 2 is 1.81 bits per heavy atom. The van der Waals surface area contributed by atoms with Crippen molar-refractivity contribution in [3.63, 3.8) is 0 Å². The third-order valence-electron chi connectivity index (χ3n) is 6.47. The van der Waals surface area contributed by atoms with Gasteiger partial charge in [-0.25, -0.2) is 0 Å². The summed E-state index contributed by atoms with van der Waals surface area (Å²) in [5.41, 5.74) is 9.21. The first kappa shape index (κ1) is 20.1. The Bertz CT molecular complexity index is 951. The molecule has 0 spiro atoms. The maximum atomic E-state index is 12.4. The number of nitrogens with zero attached hydrogens (tertiary/aromatic N) is 4. The highest BCUT2D eigenvalue weighted by atomic mass is 16.2. The second-order valence-electron chi connectivity index (χ2n) is 8.96. The van der Waals surface area contributed by atoms with Gasteiger partial charge in [-0.2, -0.15) is 9.97 Å². The van der Waals surface area contributed by atoms with Gasteiger partial charge in [-0.15, -0.1) is 0 Å². The van der Waals surface area contributed by atoms with E-state index in [2.05, 4.69) is 44.8 Å². The summed E-state index contributed by atoms with van der Waals surface area (Å²) in [5.74, 6) is 1.46. The van der Waals surface area contributed by atoms with Crippen LogP contribution in [-0.4, -0.2) is 46.5 Å². The molecule has 0 unspecified atom stereocenters. The van der Waals surface area contributed by atoms with Crippen molar-refractivity contribution in [1.82, 2.24) is 14.9 Å². The number of likely N-dealkylation sites (tertiary alicyclic amines) is 1. The molecular weight excluding hydrogens is 390 g/mol. The molecule has 4 N–H and O–H groups in total. The minimum atomic E-state index is -0.0903. The number of carbonyl (C=O) groups excluding carboxylic acids is 1. The van der Waals surface area contributed by atoms with Gasteiger partial charge in [-0.1, -0.05) is 37.1 Å². The van der Waals surface area contributed by atoms with Crippen LogP contribution in [0, 0.1) is 0 Å². The quantitative estimate of drug-likeness (QED) is 0.659. The molecule has 0 atom stereocenters. The molecule has 1 amide bonds. The zero-order valence-electron chi connectivity index (χ0n) is 17.9. The number of rotatable bonds is 6. The van der Waals surface area contributed by atoms with Crippen molar-refractivity contribution in [2.45, 2.75) is 57.7 Å². The predicted octanol–water partition coefficient (Wildman–Crippen LogP) is 2.97. The number of carbonyl (C=O) groups is 1. The maximum Gasteiger partial charge on any atom is 0.244 e. The van der Waals surface area contributed by atoms with E-state index in [1.807, 2.05) is 4.90 Å². The van der Waals surface area contributed by atoms with Crippen LogP contribution >= 0.6 is 0 Å². The van der Waals surface area contributed by atoms with E-state index >= 15 is 0 Å². The Hall–Kier alpha value is -2.87. The number of benzene rings is 1. The van der Waals surface area contributed by atoms with Crippen LogP contribution < -0.4 is 21.3 Å². The first-order valence-corrected chi connectivity index (χ1v) is 11.4. The highest BCUT2D eigenvalue weighted by molar-refractivity contribution is 6.03. The Balaban J connectivity index is 1.37. The summed E-state index contributed by atoms with van der Waals surface area (Å²) in [7, 11) is 0. The minimum absolute atomic E-state index is 0.0903. The summed E-state index contributed by atoms with van der Waals surface area (Å²) in [6.07, 6.45) is 7.30. The fourth-order valence-corrected chi connectivity index (χ4v) is 4.94. The summed E-state index contributed by atoms with van der Waals surface area (Å²) in [6, 6.07) is 9.04. The molecule has 8 nitrogen and oxygen atoms in total. The molecule has 1 saturated carbocycles. The Labute approximate surface area is 183 Å². The zero-order valence-corrected chi connectivity index (χ0v) is 17.9. The average Bonchev–Trinajstić information content (AvgIpc) is 3.44. The molecule has 1 saturated heterocycles. The fourth-order valence-electron chi connectivity index (χ4n) is 4.94. The highest BCUT2D eigenvalue weighted by Crippen LogP contribution is 2.34. The Morgan fingerprint density at radius 1 is 1.06 bits per heavy atom. The number of aromatic nitrogens is 2. The van der Waals surface area contributed by atoms with Crippen LogP contribution in [0.25, 0.3) is 0 Å². The molecule has 31 heavy (non-hydrogen) atoms. The maximum absolute atomic E-state index is 12.4. The molecule has 0 bridgehead atoms. The molecule has 2 aromatic rings. The molecule has 0 radical (unpaired) electrons. The minimum Gasteiger partial charge on any atom is -0.382 e. The summed E-state index contributed by atoms with van der Waals surface area (Å²) in [4.78, 5) is 26.0. The Kier molecular flexibility index (Phi) is 5.63. The van der Waals surface area contributed by atoms with Crippen molar-refractivity contribution >= 4 is 29.2 Å². The summed E-state index contributed by atoms with van der Waals surface area (Å²) in [6.45, 7) is 4.19. The number of fused-ring (bicyclic) bond motifs is 1. The lowest BCUT2D eigenvalue weighted by Crippen LogP contribution is -2.39. The topological polar surface area (TPSA) is 99.4 Å². The zero-order chi connectivity index (χ0) is 21.2. The van der Waals surface area contributed by atoms with Gasteiger partial charge < -0.3 is 21.3 Å². The van der Waals surface area contributed by atoms with E-state index in [1.54, 1.807) is 0 Å². The SMILES string of the molecule is Nc1nc(NC2CCCC2)nc2c1NC(=O)CN2Cc1cccc(CN2CCCC2)c1. The largest absolute Gasteiger partial charge is 0.382 e. The van der Waals surface area contributed by atoms with Crippen LogP contribution in [-0.2, 0) is 17.9 Å². The van der Waals surface area contributed by atoms with Crippen molar-refractivity contribution in [3.05, 3.63) is 35.4 Å². The van der Waals surface area contributed by atoms with Gasteiger partial charge >= 0.3 is 0 Å². The third-order valence-corrected chi connectivity index (χ3v) is 6.47. The molecular formula is C23H31N7O. The summed E-state index contributed by atoms with van der Waals surface area (Å²) < 4.78 is 0. The van der Waals surface area contributed by atoms with Crippen molar-refractivity contribution in [1.29, 1.82) is 0 Å². The fraction of sp³-hybridized carbons (Fsp3) is 0.522. The van der Waals surface area contributed by atoms with E-state index in [9.17, 15) is 4.79 Å². The number of nitrogen functional groups attached to an aromatic ring is 1. The molecule has 3 heterocycles. The molecule has 2 aliphatic heterocycles. The van der Waals surface area contributed by atoms with Crippen molar-refractivity contribution in [2.24, 2.45) is 0 Å². The standard InChI is InChI=1S/C23H31N7O/c24-21-20-22(28-23(27-21)25-18-8-1-2-9-18)30(15-19(31)26-20)14-17-7-5-6-16(12-17)13-29-10-3-4-11-29/h5-7,12,18H,1-4,8-11,13-15H2,(H,26,31)(H3,24,25,27,28). The van der Waals surface area contributed by atoms with Crippen molar-refractivity contribution < 1.29 is 4.79 Å². The van der Waals surface area contributed by atoms with Crippen LogP contribution in [0.2, 0.25) is 0 Å². The normalized spacial score (nSPS) is 19.5. The van der Waals surface area contributed by atoms with E-state index in [0.29, 0.717) is 35.9 Å². The highest BCUT2D eigenvalue weighted by Gasteiger charge is 2.28. The number of amides is 1. The second kappa shape index (κ2) is 8.70. The van der Waals surface area contributed by atoms with Crippen molar-refractivity contribution in [2.75, 3.05) is 40.9 Å². The van der Waals surface area contributed by atoms with Crippen LogP contribution in [0.1, 0.15) is 49.7 Å². The molecule has 1 aromatic heterocycles. The lowest BCUT2D eigenvalue weighted by Gasteiger charge is -2.31. The van der Waals surface area contributed by atoms with Gasteiger partial charge in [0.15, 0.2) is 11.6 Å². The molecule has 1 aromatic carbocycles. The molecule has 1 aliphatic carbocycles. The van der Waals surface area contributed by atoms with E-state index in [1.165, 1.54) is 49.9 Å². The lowest BCUT2D eigenvalue weighted by atomic mass is 10.1. The molecule has 3 aliphatic rings. The van der Waals surface area contributed by atoms with Gasteiger partial charge in [0.1, 0.15) is 5.69 Å². The van der Waals surface area contributed by atoms with Crippen LogP contribution in [0.15, 0.2) is 24.3 Å². The second-order valence-corrected chi connectivity index (χ2v) is 8.96. The number of nitrogens with two attached hydrogens (primary N) is 1. The summed E-state index contributed by atoms with van der Waals surface area (Å²) >= 11 is 0. The van der Waals surface area contributed by atoms with Gasteiger partial charge in [0.25, 0.3) is 0 Å². The number of hydrogen-bond donors (Lipinski definition) is 3. The smallest absolute Gasteiger partial charge is 0.244 e. The van der Waals surface area contributed by atoms with E-state index < -0.39 is 0 Å². The van der Waals surface area contributed by atoms with Crippen LogP contribution in [0.5, 0.6) is 0 Å². The number of hydrogen-bond acceptors (Lipinski definition) is 7. The van der Waals surface area contributed by atoms with Gasteiger partial charge in [-0.05, 0) is 49.9 Å². The van der Waals surface area contributed by atoms with Gasteiger partial charge in [0.2, 0.25) is 11.9 Å². The third kappa shape index (κ3) is 4.58. The summed E-state index contributed by atoms with van der Waals surface area (Å²) in [5, 5.41) is 6.29. The van der Waals surface area contributed by atoms with Crippen LogP contribution in [0.4, 0.5) is 23.3 Å². The van der Waals surface area contributed by atoms with E-state index in [4.69, 9.17) is 10.7 Å². The first-order valence-electron chi connectivity index (χ1n) is 11.4.